The van der Waals surface area contributed by atoms with Gasteiger partial charge in [-0.2, -0.15) is 0 Å². The highest BCUT2D eigenvalue weighted by atomic mass is 16.5. The van der Waals surface area contributed by atoms with Crippen LogP contribution in [0, 0.1) is 5.92 Å². The van der Waals surface area contributed by atoms with Crippen molar-refractivity contribution in [2.75, 3.05) is 20.8 Å². The summed E-state index contributed by atoms with van der Waals surface area (Å²) >= 11 is 0. The van der Waals surface area contributed by atoms with Gasteiger partial charge in [-0.25, -0.2) is 4.98 Å². The molecule has 0 amide bonds. The molecule has 2 aromatic rings. The van der Waals surface area contributed by atoms with E-state index in [-0.39, 0.29) is 0 Å². The van der Waals surface area contributed by atoms with Crippen LogP contribution in [0.4, 0.5) is 0 Å². The van der Waals surface area contributed by atoms with Crippen molar-refractivity contribution in [1.82, 2.24) is 9.97 Å². The number of ether oxygens (including phenoxy) is 2. The normalized spacial score (nSPS) is 12.9. The Kier molecular flexibility index (Phi) is 3.64. The second kappa shape index (κ2) is 5.19. The fourth-order valence-electron chi connectivity index (χ4n) is 1.94. The zero-order valence-corrected chi connectivity index (χ0v) is 10.5. The van der Waals surface area contributed by atoms with Gasteiger partial charge in [0.25, 0.3) is 0 Å². The Balaban J connectivity index is 2.19. The quantitative estimate of drug-likeness (QED) is 0.864. The van der Waals surface area contributed by atoms with Gasteiger partial charge in [0.2, 0.25) is 0 Å². The molecule has 1 atom stereocenters. The summed E-state index contributed by atoms with van der Waals surface area (Å²) in [6.45, 7) is 2.90. The molecule has 0 saturated heterocycles. The van der Waals surface area contributed by atoms with Crippen LogP contribution < -0.4 is 4.74 Å². The molecule has 0 radical (unpaired) electrons. The first-order valence-electron chi connectivity index (χ1n) is 5.74. The third-order valence-corrected chi connectivity index (χ3v) is 2.73. The first kappa shape index (κ1) is 11.9. The van der Waals surface area contributed by atoms with Gasteiger partial charge in [0.15, 0.2) is 0 Å². The molecular weight excluding hydrogens is 216 g/mol. The smallest absolute Gasteiger partial charge is 0.121 e. The Labute approximate surface area is 101 Å². The lowest BCUT2D eigenvalue weighted by Gasteiger charge is -2.06. The molecule has 92 valence electrons. The highest BCUT2D eigenvalue weighted by Crippen LogP contribution is 2.19. The molecule has 1 N–H and O–H groups in total. The van der Waals surface area contributed by atoms with E-state index in [1.807, 2.05) is 18.2 Å². The van der Waals surface area contributed by atoms with Crippen molar-refractivity contribution in [3.05, 3.63) is 24.0 Å². The summed E-state index contributed by atoms with van der Waals surface area (Å²) in [6.07, 6.45) is 0.894. The minimum Gasteiger partial charge on any atom is -0.497 e. The molecule has 1 aromatic heterocycles. The van der Waals surface area contributed by atoms with Crippen molar-refractivity contribution in [2.24, 2.45) is 5.92 Å². The van der Waals surface area contributed by atoms with Crippen molar-refractivity contribution in [3.63, 3.8) is 0 Å². The van der Waals surface area contributed by atoms with E-state index in [0.29, 0.717) is 5.92 Å². The summed E-state index contributed by atoms with van der Waals surface area (Å²) in [6, 6.07) is 5.85. The van der Waals surface area contributed by atoms with Crippen LogP contribution in [0.25, 0.3) is 11.0 Å². The summed E-state index contributed by atoms with van der Waals surface area (Å²) in [5, 5.41) is 0. The lowest BCUT2D eigenvalue weighted by atomic mass is 10.1. The molecule has 0 aliphatic rings. The van der Waals surface area contributed by atoms with Crippen LogP contribution in [0.2, 0.25) is 0 Å². The molecule has 0 bridgehead atoms. The second-order valence-corrected chi connectivity index (χ2v) is 4.33. The molecule has 0 aliphatic heterocycles. The number of fused-ring (bicyclic) bond motifs is 1. The van der Waals surface area contributed by atoms with Gasteiger partial charge in [-0.3, -0.25) is 0 Å². The first-order valence-corrected chi connectivity index (χ1v) is 5.74. The molecule has 0 saturated carbocycles. The van der Waals surface area contributed by atoms with Crippen molar-refractivity contribution < 1.29 is 9.47 Å². The first-order chi connectivity index (χ1) is 8.22. The average Bonchev–Trinajstić information content (AvgIpc) is 2.69. The number of aromatic nitrogens is 2. The summed E-state index contributed by atoms with van der Waals surface area (Å²) in [5.41, 5.74) is 1.99. The third kappa shape index (κ3) is 2.77. The van der Waals surface area contributed by atoms with E-state index >= 15 is 0 Å². The largest absolute Gasteiger partial charge is 0.497 e. The number of hydrogen-bond donors (Lipinski definition) is 1. The Morgan fingerprint density at radius 3 is 2.88 bits per heavy atom. The van der Waals surface area contributed by atoms with E-state index in [4.69, 9.17) is 9.47 Å². The van der Waals surface area contributed by atoms with Gasteiger partial charge in [0, 0.05) is 26.2 Å². The maximum atomic E-state index is 5.18. The lowest BCUT2D eigenvalue weighted by molar-refractivity contribution is 0.159. The van der Waals surface area contributed by atoms with Crippen molar-refractivity contribution >= 4 is 11.0 Å². The van der Waals surface area contributed by atoms with E-state index in [0.717, 1.165) is 35.6 Å². The number of benzene rings is 1. The average molecular weight is 234 g/mol. The van der Waals surface area contributed by atoms with Gasteiger partial charge in [-0.1, -0.05) is 6.92 Å². The molecule has 0 fully saturated rings. The van der Waals surface area contributed by atoms with E-state index in [9.17, 15) is 0 Å². The molecule has 1 unspecified atom stereocenters. The second-order valence-electron chi connectivity index (χ2n) is 4.33. The van der Waals surface area contributed by atoms with Crippen LogP contribution >= 0.6 is 0 Å². The number of aromatic amines is 1. The zero-order chi connectivity index (χ0) is 12.3. The van der Waals surface area contributed by atoms with E-state index in [2.05, 4.69) is 16.9 Å². The van der Waals surface area contributed by atoms with Crippen molar-refractivity contribution in [2.45, 2.75) is 13.3 Å². The van der Waals surface area contributed by atoms with E-state index in [1.54, 1.807) is 14.2 Å². The monoisotopic (exact) mass is 234 g/mol. The maximum absolute atomic E-state index is 5.18. The van der Waals surface area contributed by atoms with Crippen LogP contribution in [0.5, 0.6) is 5.75 Å². The molecule has 1 heterocycles. The van der Waals surface area contributed by atoms with Crippen molar-refractivity contribution in [3.8, 4) is 5.75 Å². The Hall–Kier alpha value is -1.55. The molecule has 4 nitrogen and oxygen atoms in total. The Bertz CT molecular complexity index is 493. The Morgan fingerprint density at radius 2 is 2.18 bits per heavy atom. The standard InChI is InChI=1S/C13H18N2O2/c1-9(8-16-2)6-13-14-11-5-4-10(17-3)7-12(11)15-13/h4-5,7,9H,6,8H2,1-3H3,(H,14,15). The molecule has 1 aromatic carbocycles. The van der Waals surface area contributed by atoms with Crippen LogP contribution in [-0.2, 0) is 11.2 Å². The number of imidazole rings is 1. The predicted octanol–water partition coefficient (Wildman–Crippen LogP) is 2.40. The molecule has 2 rings (SSSR count). The molecular formula is C13H18N2O2. The SMILES string of the molecule is COCC(C)Cc1nc2ccc(OC)cc2[nH]1. The van der Waals surface area contributed by atoms with Crippen LogP contribution in [0.15, 0.2) is 18.2 Å². The fraction of sp³-hybridized carbons (Fsp3) is 0.462. The minimum absolute atomic E-state index is 0.461. The van der Waals surface area contributed by atoms with E-state index < -0.39 is 0 Å². The molecule has 0 aliphatic carbocycles. The van der Waals surface area contributed by atoms with Gasteiger partial charge in [-0.15, -0.1) is 0 Å². The molecule has 4 heteroatoms. The molecule has 0 spiro atoms. The van der Waals surface area contributed by atoms with E-state index in [1.165, 1.54) is 0 Å². The number of hydrogen-bond acceptors (Lipinski definition) is 3. The predicted molar refractivity (Wildman–Crippen MR) is 67.4 cm³/mol. The van der Waals surface area contributed by atoms with Gasteiger partial charge in [0.05, 0.1) is 18.1 Å². The maximum Gasteiger partial charge on any atom is 0.121 e. The zero-order valence-electron chi connectivity index (χ0n) is 10.5. The van der Waals surface area contributed by atoms with Gasteiger partial charge in [-0.05, 0) is 18.1 Å². The third-order valence-electron chi connectivity index (χ3n) is 2.73. The number of methoxy groups -OCH3 is 2. The Morgan fingerprint density at radius 1 is 1.35 bits per heavy atom. The van der Waals surface area contributed by atoms with Crippen molar-refractivity contribution in [1.29, 1.82) is 0 Å². The van der Waals surface area contributed by atoms with Crippen LogP contribution in [-0.4, -0.2) is 30.8 Å². The highest BCUT2D eigenvalue weighted by molar-refractivity contribution is 5.76. The van der Waals surface area contributed by atoms with Gasteiger partial charge >= 0.3 is 0 Å². The minimum atomic E-state index is 0.461. The lowest BCUT2D eigenvalue weighted by Crippen LogP contribution is -2.07. The summed E-state index contributed by atoms with van der Waals surface area (Å²) < 4.78 is 10.3. The molecule has 17 heavy (non-hydrogen) atoms. The van der Waals surface area contributed by atoms with Gasteiger partial charge in [0.1, 0.15) is 11.6 Å². The summed E-state index contributed by atoms with van der Waals surface area (Å²) in [4.78, 5) is 7.86. The topological polar surface area (TPSA) is 47.1 Å². The summed E-state index contributed by atoms with van der Waals surface area (Å²) in [5.74, 6) is 2.30. The van der Waals surface area contributed by atoms with Crippen LogP contribution in [0.1, 0.15) is 12.7 Å². The van der Waals surface area contributed by atoms with Gasteiger partial charge < -0.3 is 14.5 Å². The number of nitrogens with zero attached hydrogens (tertiary/aromatic N) is 1. The summed E-state index contributed by atoms with van der Waals surface area (Å²) in [7, 11) is 3.39. The number of rotatable bonds is 5. The fourth-order valence-corrected chi connectivity index (χ4v) is 1.94. The number of H-pyrrole nitrogens is 1. The highest BCUT2D eigenvalue weighted by Gasteiger charge is 2.08. The van der Waals surface area contributed by atoms with Crippen LogP contribution in [0.3, 0.4) is 0 Å². The number of nitrogens with one attached hydrogen (secondary N) is 1.